The molecule has 0 saturated heterocycles. The van der Waals surface area contributed by atoms with E-state index in [1.54, 1.807) is 19.3 Å². The number of hydrogen-bond donors (Lipinski definition) is 2. The van der Waals surface area contributed by atoms with Crippen molar-refractivity contribution in [1.82, 2.24) is 9.97 Å². The molecule has 1 aromatic carbocycles. The smallest absolute Gasteiger partial charge is 0.185 e. The third-order valence-corrected chi connectivity index (χ3v) is 6.99. The Morgan fingerprint density at radius 2 is 1.82 bits per heavy atom. The SMILES string of the molecule is C[C@@H]1C[C@H](c2ccncc2CC(=O)c2ccc(F)c(-c3c(F)cccc3F)n2)C[C@H](N)[C@@]1(C)O. The van der Waals surface area contributed by atoms with Crippen LogP contribution in [0.3, 0.4) is 0 Å². The quantitative estimate of drug-likeness (QED) is 0.534. The fourth-order valence-electron chi connectivity index (χ4n) is 4.67. The molecule has 1 saturated carbocycles. The average Bonchev–Trinajstić information content (AvgIpc) is 2.79. The largest absolute Gasteiger partial charge is 0.388 e. The van der Waals surface area contributed by atoms with Crippen molar-refractivity contribution >= 4 is 5.78 Å². The van der Waals surface area contributed by atoms with Gasteiger partial charge in [-0.25, -0.2) is 18.2 Å². The number of nitrogens with two attached hydrogens (primary N) is 1. The molecule has 2 heterocycles. The number of carbonyl (C=O) groups excluding carboxylic acids is 1. The molecule has 2 aromatic heterocycles. The Morgan fingerprint density at radius 3 is 2.50 bits per heavy atom. The standard InChI is InChI=1S/C26H26F3N3O2/c1-14-10-15(12-23(30)26(14,2)34)17-8-9-31-13-16(17)11-22(33)21-7-6-20(29)25(32-21)24-18(27)4-3-5-19(24)28/h3-9,13-15,23,34H,10-12,30H2,1-2H3/t14-,15+,23+,26+/m1/s1. The van der Waals surface area contributed by atoms with E-state index in [4.69, 9.17) is 5.73 Å². The Bertz CT molecular complexity index is 1200. The summed E-state index contributed by atoms with van der Waals surface area (Å²) in [4.78, 5) is 21.2. The number of benzene rings is 1. The van der Waals surface area contributed by atoms with Gasteiger partial charge in [-0.05, 0) is 73.1 Å². The Balaban J connectivity index is 1.63. The van der Waals surface area contributed by atoms with Crippen molar-refractivity contribution in [2.75, 3.05) is 0 Å². The maximum Gasteiger partial charge on any atom is 0.185 e. The van der Waals surface area contributed by atoms with Crippen LogP contribution < -0.4 is 5.73 Å². The molecule has 8 heteroatoms. The van der Waals surface area contributed by atoms with Gasteiger partial charge in [0, 0.05) is 24.9 Å². The van der Waals surface area contributed by atoms with Gasteiger partial charge in [-0.15, -0.1) is 0 Å². The number of halogens is 3. The lowest BCUT2D eigenvalue weighted by molar-refractivity contribution is -0.0464. The minimum Gasteiger partial charge on any atom is -0.388 e. The van der Waals surface area contributed by atoms with E-state index in [0.717, 1.165) is 23.8 Å². The molecule has 3 N–H and O–H groups in total. The van der Waals surface area contributed by atoms with Crippen molar-refractivity contribution < 1.29 is 23.1 Å². The zero-order valence-electron chi connectivity index (χ0n) is 18.9. The van der Waals surface area contributed by atoms with Crippen molar-refractivity contribution in [3.63, 3.8) is 0 Å². The Kier molecular flexibility index (Phi) is 6.55. The summed E-state index contributed by atoms with van der Waals surface area (Å²) in [5.41, 5.74) is 5.57. The van der Waals surface area contributed by atoms with E-state index in [1.165, 1.54) is 12.1 Å². The molecule has 0 unspecified atom stereocenters. The third-order valence-electron chi connectivity index (χ3n) is 6.99. The van der Waals surface area contributed by atoms with Gasteiger partial charge in [0.15, 0.2) is 5.78 Å². The molecule has 0 spiro atoms. The van der Waals surface area contributed by atoms with E-state index in [9.17, 15) is 23.1 Å². The predicted octanol–water partition coefficient (Wildman–Crippen LogP) is 4.58. The van der Waals surface area contributed by atoms with Crippen LogP contribution in [0.2, 0.25) is 0 Å². The number of nitrogens with zero attached hydrogens (tertiary/aromatic N) is 2. The maximum atomic E-state index is 14.4. The van der Waals surface area contributed by atoms with E-state index in [0.29, 0.717) is 18.4 Å². The van der Waals surface area contributed by atoms with Crippen LogP contribution in [0.25, 0.3) is 11.3 Å². The summed E-state index contributed by atoms with van der Waals surface area (Å²) in [5.74, 6) is -3.32. The van der Waals surface area contributed by atoms with Gasteiger partial charge in [0.1, 0.15) is 28.8 Å². The van der Waals surface area contributed by atoms with Crippen molar-refractivity contribution in [2.45, 2.75) is 50.7 Å². The van der Waals surface area contributed by atoms with Crippen LogP contribution in [-0.4, -0.2) is 32.5 Å². The lowest BCUT2D eigenvalue weighted by Crippen LogP contribution is -2.54. The molecule has 5 nitrogen and oxygen atoms in total. The zero-order chi connectivity index (χ0) is 24.6. The van der Waals surface area contributed by atoms with Gasteiger partial charge in [0.05, 0.1) is 11.2 Å². The van der Waals surface area contributed by atoms with E-state index in [1.807, 2.05) is 13.0 Å². The number of rotatable bonds is 5. The minimum atomic E-state index is -0.976. The summed E-state index contributed by atoms with van der Waals surface area (Å²) < 4.78 is 42.8. The van der Waals surface area contributed by atoms with Crippen LogP contribution in [0.4, 0.5) is 13.2 Å². The number of pyridine rings is 2. The molecule has 1 aliphatic rings. The highest BCUT2D eigenvalue weighted by molar-refractivity contribution is 5.96. The van der Waals surface area contributed by atoms with E-state index < -0.39 is 46.1 Å². The monoisotopic (exact) mass is 469 g/mol. The first-order valence-corrected chi connectivity index (χ1v) is 11.1. The second-order valence-electron chi connectivity index (χ2n) is 9.20. The lowest BCUT2D eigenvalue weighted by Gasteiger charge is -2.44. The van der Waals surface area contributed by atoms with Crippen LogP contribution in [0.5, 0.6) is 0 Å². The van der Waals surface area contributed by atoms with Gasteiger partial charge in [-0.1, -0.05) is 13.0 Å². The lowest BCUT2D eigenvalue weighted by atomic mass is 9.67. The summed E-state index contributed by atoms with van der Waals surface area (Å²) in [5, 5.41) is 10.6. The van der Waals surface area contributed by atoms with Gasteiger partial charge >= 0.3 is 0 Å². The van der Waals surface area contributed by atoms with Crippen molar-refractivity contribution in [3.05, 3.63) is 83.1 Å². The van der Waals surface area contributed by atoms with Crippen LogP contribution >= 0.6 is 0 Å². The molecule has 0 radical (unpaired) electrons. The maximum absolute atomic E-state index is 14.4. The van der Waals surface area contributed by atoms with Crippen LogP contribution in [-0.2, 0) is 6.42 Å². The number of aromatic nitrogens is 2. The summed E-state index contributed by atoms with van der Waals surface area (Å²) in [6, 6.07) is 6.77. The molecule has 1 fully saturated rings. The Labute approximate surface area is 195 Å². The van der Waals surface area contributed by atoms with Gasteiger partial charge in [0.2, 0.25) is 0 Å². The molecule has 3 aromatic rings. The molecule has 0 aliphatic heterocycles. The van der Waals surface area contributed by atoms with Crippen LogP contribution in [0.15, 0.2) is 48.8 Å². The van der Waals surface area contributed by atoms with Crippen LogP contribution in [0, 0.1) is 23.4 Å². The highest BCUT2D eigenvalue weighted by atomic mass is 19.1. The van der Waals surface area contributed by atoms with E-state index in [2.05, 4.69) is 9.97 Å². The van der Waals surface area contributed by atoms with E-state index in [-0.39, 0.29) is 24.0 Å². The second kappa shape index (κ2) is 9.27. The molecule has 4 atom stereocenters. The predicted molar refractivity (Wildman–Crippen MR) is 122 cm³/mol. The number of ketones is 1. The first kappa shape index (κ1) is 24.0. The zero-order valence-corrected chi connectivity index (χ0v) is 18.9. The fourth-order valence-corrected chi connectivity index (χ4v) is 4.67. The van der Waals surface area contributed by atoms with Crippen molar-refractivity contribution in [1.29, 1.82) is 0 Å². The molecule has 34 heavy (non-hydrogen) atoms. The third kappa shape index (κ3) is 4.48. The molecule has 1 aliphatic carbocycles. The molecule has 0 bridgehead atoms. The molecular weight excluding hydrogens is 443 g/mol. The average molecular weight is 470 g/mol. The first-order chi connectivity index (χ1) is 16.1. The fraction of sp³-hybridized carbons (Fsp3) is 0.346. The molecule has 4 rings (SSSR count). The number of hydrogen-bond acceptors (Lipinski definition) is 5. The van der Waals surface area contributed by atoms with Gasteiger partial charge in [0.25, 0.3) is 0 Å². The highest BCUT2D eigenvalue weighted by Crippen LogP contribution is 2.42. The number of carbonyl (C=O) groups is 1. The molecule has 178 valence electrons. The number of Topliss-reactive ketones (excluding diaryl/α,β-unsaturated/α-hetero) is 1. The summed E-state index contributed by atoms with van der Waals surface area (Å²) in [7, 11) is 0. The summed E-state index contributed by atoms with van der Waals surface area (Å²) in [6.45, 7) is 3.69. The van der Waals surface area contributed by atoms with Gasteiger partial charge < -0.3 is 10.8 Å². The van der Waals surface area contributed by atoms with Crippen LogP contribution in [0.1, 0.15) is 54.2 Å². The summed E-state index contributed by atoms with van der Waals surface area (Å²) in [6.07, 6.45) is 4.40. The van der Waals surface area contributed by atoms with Crippen molar-refractivity contribution in [3.8, 4) is 11.3 Å². The molecule has 0 amide bonds. The summed E-state index contributed by atoms with van der Waals surface area (Å²) >= 11 is 0. The highest BCUT2D eigenvalue weighted by Gasteiger charge is 2.42. The van der Waals surface area contributed by atoms with Gasteiger partial charge in [-0.2, -0.15) is 0 Å². The van der Waals surface area contributed by atoms with Crippen molar-refractivity contribution in [2.24, 2.45) is 11.7 Å². The second-order valence-corrected chi connectivity index (χ2v) is 9.20. The van der Waals surface area contributed by atoms with Gasteiger partial charge in [-0.3, -0.25) is 9.78 Å². The topological polar surface area (TPSA) is 89.1 Å². The Morgan fingerprint density at radius 1 is 1.12 bits per heavy atom. The Hall–Kier alpha value is -3.10. The minimum absolute atomic E-state index is 0.0280. The molecular formula is C26H26F3N3O2. The normalized spacial score (nSPS) is 24.7. The number of aliphatic hydroxyl groups is 1. The first-order valence-electron chi connectivity index (χ1n) is 11.1. The van der Waals surface area contributed by atoms with E-state index >= 15 is 0 Å².